The van der Waals surface area contributed by atoms with Crippen molar-refractivity contribution >= 4 is 17.3 Å². The van der Waals surface area contributed by atoms with E-state index in [2.05, 4.69) is 5.32 Å². The number of nitrogens with zero attached hydrogens (tertiary/aromatic N) is 1. The molecule has 0 atom stereocenters. The van der Waals surface area contributed by atoms with Crippen LogP contribution in [0.4, 0.5) is 11.4 Å². The maximum atomic E-state index is 11.8. The van der Waals surface area contributed by atoms with E-state index in [1.165, 1.54) is 4.90 Å². The van der Waals surface area contributed by atoms with Gasteiger partial charge in [-0.2, -0.15) is 0 Å². The SMILES string of the molecule is CN(C)C(=O)c1ccc(NC2(CO)CC2)c(N)c1. The lowest BCUT2D eigenvalue weighted by molar-refractivity contribution is 0.0827. The molecule has 2 rings (SSSR count). The molecular formula is C13H19N3O2. The van der Waals surface area contributed by atoms with E-state index in [9.17, 15) is 9.90 Å². The van der Waals surface area contributed by atoms with Gasteiger partial charge >= 0.3 is 0 Å². The van der Waals surface area contributed by atoms with E-state index in [4.69, 9.17) is 5.73 Å². The molecule has 4 N–H and O–H groups in total. The van der Waals surface area contributed by atoms with Crippen molar-refractivity contribution < 1.29 is 9.90 Å². The molecule has 1 aliphatic carbocycles. The molecule has 0 heterocycles. The second-order valence-corrected chi connectivity index (χ2v) is 5.07. The number of benzene rings is 1. The standard InChI is InChI=1S/C13H19N3O2/c1-16(2)12(18)9-3-4-11(10(14)7-9)15-13(8-17)5-6-13/h3-4,7,15,17H,5-6,8,14H2,1-2H3. The molecule has 0 radical (unpaired) electrons. The third-order valence-corrected chi connectivity index (χ3v) is 3.26. The van der Waals surface area contributed by atoms with E-state index < -0.39 is 0 Å². The highest BCUT2D eigenvalue weighted by atomic mass is 16.3. The molecule has 18 heavy (non-hydrogen) atoms. The highest BCUT2D eigenvalue weighted by Crippen LogP contribution is 2.39. The predicted octanol–water partition coefficient (Wildman–Crippen LogP) is 0.907. The third-order valence-electron chi connectivity index (χ3n) is 3.26. The van der Waals surface area contributed by atoms with E-state index in [0.717, 1.165) is 18.5 Å². The van der Waals surface area contributed by atoms with E-state index in [-0.39, 0.29) is 18.1 Å². The Kier molecular flexibility index (Phi) is 3.17. The average molecular weight is 249 g/mol. The number of hydrogen-bond donors (Lipinski definition) is 3. The second kappa shape index (κ2) is 4.49. The zero-order valence-electron chi connectivity index (χ0n) is 10.7. The van der Waals surface area contributed by atoms with Crippen LogP contribution in [0.3, 0.4) is 0 Å². The summed E-state index contributed by atoms with van der Waals surface area (Å²) < 4.78 is 0. The lowest BCUT2D eigenvalue weighted by Crippen LogP contribution is -2.26. The fourth-order valence-electron chi connectivity index (χ4n) is 1.83. The summed E-state index contributed by atoms with van der Waals surface area (Å²) in [6, 6.07) is 5.20. The quantitative estimate of drug-likeness (QED) is 0.693. The molecule has 1 aliphatic rings. The zero-order chi connectivity index (χ0) is 13.3. The van der Waals surface area contributed by atoms with Gasteiger partial charge in [-0.1, -0.05) is 0 Å². The number of aliphatic hydroxyl groups excluding tert-OH is 1. The lowest BCUT2D eigenvalue weighted by Gasteiger charge is -2.18. The van der Waals surface area contributed by atoms with Crippen LogP contribution in [0.5, 0.6) is 0 Å². The van der Waals surface area contributed by atoms with E-state index in [1.807, 2.05) is 0 Å². The molecule has 5 heteroatoms. The van der Waals surface area contributed by atoms with E-state index in [1.54, 1.807) is 32.3 Å². The van der Waals surface area contributed by atoms with Crippen LogP contribution in [0.2, 0.25) is 0 Å². The minimum absolute atomic E-state index is 0.0726. The molecule has 0 spiro atoms. The number of carbonyl (C=O) groups is 1. The summed E-state index contributed by atoms with van der Waals surface area (Å²) >= 11 is 0. The largest absolute Gasteiger partial charge is 0.397 e. The van der Waals surface area contributed by atoms with Crippen LogP contribution < -0.4 is 11.1 Å². The third kappa shape index (κ3) is 2.41. The monoisotopic (exact) mass is 249 g/mol. The van der Waals surface area contributed by atoms with Gasteiger partial charge < -0.3 is 21.1 Å². The molecule has 0 unspecified atom stereocenters. The minimum atomic E-state index is -0.207. The van der Waals surface area contributed by atoms with Gasteiger partial charge in [-0.15, -0.1) is 0 Å². The first-order valence-electron chi connectivity index (χ1n) is 5.98. The number of aliphatic hydroxyl groups is 1. The van der Waals surface area contributed by atoms with Gasteiger partial charge in [-0.05, 0) is 31.0 Å². The van der Waals surface area contributed by atoms with Crippen LogP contribution in [0.1, 0.15) is 23.2 Å². The molecule has 1 amide bonds. The molecule has 98 valence electrons. The Bertz CT molecular complexity index is 467. The summed E-state index contributed by atoms with van der Waals surface area (Å²) in [7, 11) is 3.41. The van der Waals surface area contributed by atoms with Gasteiger partial charge in [0.25, 0.3) is 5.91 Å². The average Bonchev–Trinajstić information content (AvgIpc) is 3.11. The van der Waals surface area contributed by atoms with Crippen LogP contribution in [-0.4, -0.2) is 42.2 Å². The van der Waals surface area contributed by atoms with Crippen molar-refractivity contribution in [3.05, 3.63) is 23.8 Å². The zero-order valence-corrected chi connectivity index (χ0v) is 10.7. The van der Waals surface area contributed by atoms with Gasteiger partial charge in [-0.25, -0.2) is 0 Å². The van der Waals surface area contributed by atoms with Crippen molar-refractivity contribution in [2.24, 2.45) is 0 Å². The summed E-state index contributed by atoms with van der Waals surface area (Å²) in [4.78, 5) is 13.3. The maximum absolute atomic E-state index is 11.8. The van der Waals surface area contributed by atoms with Gasteiger partial charge in [0.05, 0.1) is 23.5 Å². The molecular weight excluding hydrogens is 230 g/mol. The molecule has 1 saturated carbocycles. The van der Waals surface area contributed by atoms with Crippen LogP contribution in [0.25, 0.3) is 0 Å². The summed E-state index contributed by atoms with van der Waals surface area (Å²) in [5, 5.41) is 12.5. The lowest BCUT2D eigenvalue weighted by atomic mass is 10.1. The van der Waals surface area contributed by atoms with Gasteiger partial charge in [0.1, 0.15) is 0 Å². The summed E-state index contributed by atoms with van der Waals surface area (Å²) in [5.74, 6) is -0.0726. The fraction of sp³-hybridized carbons (Fsp3) is 0.462. The van der Waals surface area contributed by atoms with Crippen molar-refractivity contribution in [3.63, 3.8) is 0 Å². The summed E-state index contributed by atoms with van der Waals surface area (Å²) in [6.45, 7) is 0.102. The Labute approximate surface area is 107 Å². The van der Waals surface area contributed by atoms with Gasteiger partial charge in [0.15, 0.2) is 0 Å². The predicted molar refractivity (Wildman–Crippen MR) is 71.5 cm³/mol. The Morgan fingerprint density at radius 2 is 2.17 bits per heavy atom. The summed E-state index contributed by atoms with van der Waals surface area (Å²) in [5.41, 5.74) is 7.60. The Morgan fingerprint density at radius 3 is 2.61 bits per heavy atom. The molecule has 0 bridgehead atoms. The van der Waals surface area contributed by atoms with E-state index >= 15 is 0 Å². The molecule has 1 aromatic carbocycles. The summed E-state index contributed by atoms with van der Waals surface area (Å²) in [6.07, 6.45) is 1.89. The molecule has 0 saturated heterocycles. The van der Waals surface area contributed by atoms with Gasteiger partial charge in [0.2, 0.25) is 0 Å². The number of amides is 1. The maximum Gasteiger partial charge on any atom is 0.253 e. The highest BCUT2D eigenvalue weighted by Gasteiger charge is 2.42. The number of nitrogen functional groups attached to an aromatic ring is 1. The van der Waals surface area contributed by atoms with Crippen molar-refractivity contribution in [1.29, 1.82) is 0 Å². The Morgan fingerprint density at radius 1 is 1.50 bits per heavy atom. The number of hydrogen-bond acceptors (Lipinski definition) is 4. The molecule has 0 aliphatic heterocycles. The van der Waals surface area contributed by atoms with Crippen LogP contribution in [0, 0.1) is 0 Å². The van der Waals surface area contributed by atoms with Crippen molar-refractivity contribution in [1.82, 2.24) is 4.90 Å². The Balaban J connectivity index is 2.18. The smallest absolute Gasteiger partial charge is 0.253 e. The Hall–Kier alpha value is -1.75. The first-order valence-corrected chi connectivity index (χ1v) is 5.98. The molecule has 1 fully saturated rings. The first-order chi connectivity index (χ1) is 8.47. The normalized spacial score (nSPS) is 16.2. The van der Waals surface area contributed by atoms with Crippen molar-refractivity contribution in [2.45, 2.75) is 18.4 Å². The van der Waals surface area contributed by atoms with Crippen LogP contribution in [-0.2, 0) is 0 Å². The molecule has 1 aromatic rings. The van der Waals surface area contributed by atoms with Crippen LogP contribution in [0.15, 0.2) is 18.2 Å². The first kappa shape index (κ1) is 12.7. The minimum Gasteiger partial charge on any atom is -0.397 e. The van der Waals surface area contributed by atoms with Crippen molar-refractivity contribution in [2.75, 3.05) is 31.8 Å². The van der Waals surface area contributed by atoms with E-state index in [0.29, 0.717) is 11.3 Å². The fourth-order valence-corrected chi connectivity index (χ4v) is 1.83. The molecule has 5 nitrogen and oxygen atoms in total. The number of carbonyl (C=O) groups excluding carboxylic acids is 1. The number of rotatable bonds is 4. The highest BCUT2D eigenvalue weighted by molar-refractivity contribution is 5.95. The number of anilines is 2. The number of nitrogens with two attached hydrogens (primary N) is 1. The second-order valence-electron chi connectivity index (χ2n) is 5.07. The topological polar surface area (TPSA) is 78.6 Å². The van der Waals surface area contributed by atoms with Gasteiger partial charge in [0, 0.05) is 19.7 Å². The number of nitrogens with one attached hydrogen (secondary N) is 1. The molecule has 0 aromatic heterocycles. The van der Waals surface area contributed by atoms with Crippen molar-refractivity contribution in [3.8, 4) is 0 Å². The van der Waals surface area contributed by atoms with Gasteiger partial charge in [-0.3, -0.25) is 4.79 Å². The van der Waals surface area contributed by atoms with Crippen LogP contribution >= 0.6 is 0 Å².